The maximum atomic E-state index is 6.00. The van der Waals surface area contributed by atoms with Crippen molar-refractivity contribution in [2.45, 2.75) is 39.2 Å². The molecule has 4 heteroatoms. The highest BCUT2D eigenvalue weighted by molar-refractivity contribution is 5.78. The molecular weight excluding hydrogens is 202 g/mol. The van der Waals surface area contributed by atoms with Gasteiger partial charge >= 0.3 is 0 Å². The minimum atomic E-state index is -0.0898. The number of methoxy groups -OCH3 is 1. The molecule has 0 unspecified atom stereocenters. The van der Waals surface area contributed by atoms with Crippen LogP contribution in [0.2, 0.25) is 0 Å². The van der Waals surface area contributed by atoms with E-state index < -0.39 is 0 Å². The van der Waals surface area contributed by atoms with Gasteiger partial charge in [-0.1, -0.05) is 0 Å². The first-order valence-electron chi connectivity index (χ1n) is 6.01. The Morgan fingerprint density at radius 3 is 2.38 bits per heavy atom. The number of guanidine groups is 1. The van der Waals surface area contributed by atoms with Crippen molar-refractivity contribution in [1.29, 1.82) is 0 Å². The van der Waals surface area contributed by atoms with Crippen LogP contribution in [-0.4, -0.2) is 43.2 Å². The van der Waals surface area contributed by atoms with Gasteiger partial charge in [-0.3, -0.25) is 0 Å². The summed E-state index contributed by atoms with van der Waals surface area (Å²) in [7, 11) is 1.77. The van der Waals surface area contributed by atoms with Crippen molar-refractivity contribution in [2.24, 2.45) is 16.6 Å². The molecule has 94 valence electrons. The van der Waals surface area contributed by atoms with Crippen LogP contribution in [0.5, 0.6) is 0 Å². The van der Waals surface area contributed by atoms with Crippen molar-refractivity contribution in [3.63, 3.8) is 0 Å². The van der Waals surface area contributed by atoms with Gasteiger partial charge in [0, 0.05) is 26.8 Å². The Morgan fingerprint density at radius 1 is 1.38 bits per heavy atom. The van der Waals surface area contributed by atoms with Crippen LogP contribution in [-0.2, 0) is 4.74 Å². The molecule has 1 aliphatic heterocycles. The first kappa shape index (κ1) is 13.3. The Kier molecular flexibility index (Phi) is 4.59. The number of hydrogen-bond acceptors (Lipinski definition) is 2. The summed E-state index contributed by atoms with van der Waals surface area (Å²) >= 11 is 0. The second kappa shape index (κ2) is 5.53. The third kappa shape index (κ3) is 4.39. The SMILES string of the molecule is COCC1CCN(C(N)=NC(C)(C)C)CC1. The largest absolute Gasteiger partial charge is 0.384 e. The van der Waals surface area contributed by atoms with Crippen LogP contribution in [0.25, 0.3) is 0 Å². The summed E-state index contributed by atoms with van der Waals surface area (Å²) in [6, 6.07) is 0. The lowest BCUT2D eigenvalue weighted by Gasteiger charge is -2.33. The van der Waals surface area contributed by atoms with Crippen LogP contribution in [0, 0.1) is 5.92 Å². The standard InChI is InChI=1S/C12H25N3O/c1-12(2,3)14-11(13)15-7-5-10(6-8-15)9-16-4/h10H,5-9H2,1-4H3,(H2,13,14). The van der Waals surface area contributed by atoms with Gasteiger partial charge < -0.3 is 15.4 Å². The number of likely N-dealkylation sites (tertiary alicyclic amines) is 1. The zero-order valence-corrected chi connectivity index (χ0v) is 11.0. The Balaban J connectivity index is 2.44. The fourth-order valence-corrected chi connectivity index (χ4v) is 1.98. The summed E-state index contributed by atoms with van der Waals surface area (Å²) < 4.78 is 5.18. The summed E-state index contributed by atoms with van der Waals surface area (Å²) in [4.78, 5) is 6.67. The molecule has 1 saturated heterocycles. The van der Waals surface area contributed by atoms with E-state index in [9.17, 15) is 0 Å². The predicted molar refractivity (Wildman–Crippen MR) is 67.5 cm³/mol. The van der Waals surface area contributed by atoms with Gasteiger partial charge in [0.1, 0.15) is 0 Å². The number of nitrogens with two attached hydrogens (primary N) is 1. The molecule has 0 bridgehead atoms. The van der Waals surface area contributed by atoms with Crippen molar-refractivity contribution in [3.05, 3.63) is 0 Å². The molecule has 1 fully saturated rings. The van der Waals surface area contributed by atoms with Crippen LogP contribution in [0.15, 0.2) is 4.99 Å². The van der Waals surface area contributed by atoms with E-state index >= 15 is 0 Å². The molecule has 0 spiro atoms. The first-order valence-corrected chi connectivity index (χ1v) is 6.01. The molecular formula is C12H25N3O. The van der Waals surface area contributed by atoms with Gasteiger partial charge in [-0.05, 0) is 39.5 Å². The summed E-state index contributed by atoms with van der Waals surface area (Å²) in [5.41, 5.74) is 5.91. The molecule has 0 amide bonds. The molecule has 0 aromatic rings. The highest BCUT2D eigenvalue weighted by atomic mass is 16.5. The molecule has 4 nitrogen and oxygen atoms in total. The van der Waals surface area contributed by atoms with Crippen molar-refractivity contribution in [3.8, 4) is 0 Å². The summed E-state index contributed by atoms with van der Waals surface area (Å²) in [6.07, 6.45) is 2.29. The minimum Gasteiger partial charge on any atom is -0.384 e. The summed E-state index contributed by atoms with van der Waals surface area (Å²) in [5, 5.41) is 0. The average molecular weight is 227 g/mol. The quantitative estimate of drug-likeness (QED) is 0.574. The molecule has 16 heavy (non-hydrogen) atoms. The highest BCUT2D eigenvalue weighted by Gasteiger charge is 2.21. The highest BCUT2D eigenvalue weighted by Crippen LogP contribution is 2.17. The Labute approximate surface area is 98.9 Å². The third-order valence-electron chi connectivity index (χ3n) is 2.79. The fraction of sp³-hybridized carbons (Fsp3) is 0.917. The van der Waals surface area contributed by atoms with E-state index in [0.717, 1.165) is 32.5 Å². The van der Waals surface area contributed by atoms with Gasteiger partial charge in [0.05, 0.1) is 5.54 Å². The molecule has 0 aromatic carbocycles. The van der Waals surface area contributed by atoms with Gasteiger partial charge in [-0.2, -0.15) is 0 Å². The van der Waals surface area contributed by atoms with Gasteiger partial charge in [0.15, 0.2) is 5.96 Å². The van der Waals surface area contributed by atoms with Crippen molar-refractivity contribution in [1.82, 2.24) is 4.90 Å². The zero-order valence-electron chi connectivity index (χ0n) is 11.0. The monoisotopic (exact) mass is 227 g/mol. The maximum Gasteiger partial charge on any atom is 0.191 e. The van der Waals surface area contributed by atoms with E-state index in [4.69, 9.17) is 10.5 Å². The second-order valence-corrected chi connectivity index (χ2v) is 5.53. The van der Waals surface area contributed by atoms with Gasteiger partial charge in [0.2, 0.25) is 0 Å². The number of ether oxygens (including phenoxy) is 1. The Morgan fingerprint density at radius 2 is 1.94 bits per heavy atom. The average Bonchev–Trinajstić information content (AvgIpc) is 2.16. The van der Waals surface area contributed by atoms with Crippen molar-refractivity contribution in [2.75, 3.05) is 26.8 Å². The van der Waals surface area contributed by atoms with E-state index in [1.54, 1.807) is 7.11 Å². The van der Waals surface area contributed by atoms with E-state index in [-0.39, 0.29) is 5.54 Å². The molecule has 1 heterocycles. The lowest BCUT2D eigenvalue weighted by Crippen LogP contribution is -2.44. The molecule has 0 aromatic heterocycles. The summed E-state index contributed by atoms with van der Waals surface area (Å²) in [6.45, 7) is 9.07. The van der Waals surface area contributed by atoms with Crippen LogP contribution < -0.4 is 5.73 Å². The normalized spacial score (nSPS) is 20.2. The minimum absolute atomic E-state index is 0.0898. The van der Waals surface area contributed by atoms with E-state index in [1.807, 2.05) is 0 Å². The summed E-state index contributed by atoms with van der Waals surface area (Å²) in [5.74, 6) is 1.37. The topological polar surface area (TPSA) is 50.9 Å². The smallest absolute Gasteiger partial charge is 0.191 e. The third-order valence-corrected chi connectivity index (χ3v) is 2.79. The van der Waals surface area contributed by atoms with Crippen molar-refractivity contribution >= 4 is 5.96 Å². The van der Waals surface area contributed by atoms with Crippen LogP contribution in [0.3, 0.4) is 0 Å². The predicted octanol–water partition coefficient (Wildman–Crippen LogP) is 1.46. The molecule has 0 aliphatic carbocycles. The van der Waals surface area contributed by atoms with Gasteiger partial charge in [-0.15, -0.1) is 0 Å². The van der Waals surface area contributed by atoms with Gasteiger partial charge in [0.25, 0.3) is 0 Å². The zero-order chi connectivity index (χ0) is 12.2. The van der Waals surface area contributed by atoms with Crippen LogP contribution >= 0.6 is 0 Å². The molecule has 0 radical (unpaired) electrons. The fourth-order valence-electron chi connectivity index (χ4n) is 1.98. The Hall–Kier alpha value is -0.770. The van der Waals surface area contributed by atoms with E-state index in [1.165, 1.54) is 0 Å². The van der Waals surface area contributed by atoms with Gasteiger partial charge in [-0.25, -0.2) is 4.99 Å². The number of rotatable bonds is 2. The van der Waals surface area contributed by atoms with Crippen LogP contribution in [0.1, 0.15) is 33.6 Å². The number of nitrogens with zero attached hydrogens (tertiary/aromatic N) is 2. The molecule has 1 aliphatic rings. The molecule has 0 saturated carbocycles. The number of piperidine rings is 1. The second-order valence-electron chi connectivity index (χ2n) is 5.53. The molecule has 1 rings (SSSR count). The van der Waals surface area contributed by atoms with E-state index in [2.05, 4.69) is 30.7 Å². The van der Waals surface area contributed by atoms with Crippen molar-refractivity contribution < 1.29 is 4.74 Å². The maximum absolute atomic E-state index is 6.00. The molecule has 0 atom stereocenters. The first-order chi connectivity index (χ1) is 7.42. The number of aliphatic imine (C=N–C) groups is 1. The lowest BCUT2D eigenvalue weighted by atomic mass is 9.98. The van der Waals surface area contributed by atoms with E-state index in [0.29, 0.717) is 11.9 Å². The lowest BCUT2D eigenvalue weighted by molar-refractivity contribution is 0.118. The number of hydrogen-bond donors (Lipinski definition) is 1. The molecule has 2 N–H and O–H groups in total. The Bertz CT molecular complexity index is 237. The van der Waals surface area contributed by atoms with Crippen LogP contribution in [0.4, 0.5) is 0 Å².